The van der Waals surface area contributed by atoms with Gasteiger partial charge >= 0.3 is 0 Å². The molecule has 0 saturated carbocycles. The van der Waals surface area contributed by atoms with Crippen molar-refractivity contribution in [3.8, 4) is 0 Å². The van der Waals surface area contributed by atoms with E-state index in [0.717, 1.165) is 19.4 Å². The quantitative estimate of drug-likeness (QED) is 0.878. The molecular weight excluding hydrogens is 360 g/mol. The van der Waals surface area contributed by atoms with Gasteiger partial charge in [-0.2, -0.15) is 0 Å². The number of hydrogen-bond acceptors (Lipinski definition) is 5. The standard InChI is InChI=1S/C17H19ClN4O2S/c1-10(2)17(24)22-8-4-7-13(22)15-20-21-16(25-15)14(23)19-12-6-3-5-11(18)9-12/h3,5-6,9-10,13H,4,7-8H2,1-2H3,(H,19,23). The summed E-state index contributed by atoms with van der Waals surface area (Å²) in [7, 11) is 0. The zero-order valence-corrected chi connectivity index (χ0v) is 15.6. The van der Waals surface area contributed by atoms with E-state index >= 15 is 0 Å². The van der Waals surface area contributed by atoms with Gasteiger partial charge in [-0.05, 0) is 31.0 Å². The summed E-state index contributed by atoms with van der Waals surface area (Å²) in [5, 5.41) is 12.5. The van der Waals surface area contributed by atoms with Crippen LogP contribution in [0.1, 0.15) is 47.5 Å². The van der Waals surface area contributed by atoms with Gasteiger partial charge in [0.2, 0.25) is 10.9 Å². The topological polar surface area (TPSA) is 75.2 Å². The predicted molar refractivity (Wildman–Crippen MR) is 97.8 cm³/mol. The third kappa shape index (κ3) is 3.99. The van der Waals surface area contributed by atoms with Crippen LogP contribution in [0.15, 0.2) is 24.3 Å². The minimum atomic E-state index is -0.328. The van der Waals surface area contributed by atoms with Crippen LogP contribution < -0.4 is 5.32 Å². The number of aromatic nitrogens is 2. The van der Waals surface area contributed by atoms with Crippen molar-refractivity contribution in [3.63, 3.8) is 0 Å². The first-order valence-electron chi connectivity index (χ1n) is 8.16. The van der Waals surface area contributed by atoms with Crippen molar-refractivity contribution in [1.82, 2.24) is 15.1 Å². The first-order valence-corrected chi connectivity index (χ1v) is 9.36. The number of carbonyl (C=O) groups excluding carboxylic acids is 2. The fourth-order valence-electron chi connectivity index (χ4n) is 2.83. The zero-order valence-electron chi connectivity index (χ0n) is 14.0. The highest BCUT2D eigenvalue weighted by Crippen LogP contribution is 2.34. The van der Waals surface area contributed by atoms with Crippen LogP contribution in [-0.2, 0) is 4.79 Å². The van der Waals surface area contributed by atoms with E-state index in [1.807, 2.05) is 18.7 Å². The summed E-state index contributed by atoms with van der Waals surface area (Å²) in [6, 6.07) is 6.84. The van der Waals surface area contributed by atoms with Crippen LogP contribution in [0.2, 0.25) is 5.02 Å². The van der Waals surface area contributed by atoms with Gasteiger partial charge < -0.3 is 10.2 Å². The van der Waals surface area contributed by atoms with Crippen LogP contribution in [0, 0.1) is 5.92 Å². The Morgan fingerprint density at radius 3 is 2.88 bits per heavy atom. The molecular formula is C17H19ClN4O2S. The molecule has 2 aromatic rings. The molecule has 0 bridgehead atoms. The second kappa shape index (κ2) is 7.49. The van der Waals surface area contributed by atoms with E-state index in [1.54, 1.807) is 24.3 Å². The van der Waals surface area contributed by atoms with Crippen molar-refractivity contribution in [2.24, 2.45) is 5.92 Å². The largest absolute Gasteiger partial charge is 0.333 e. The predicted octanol–water partition coefficient (Wildman–Crippen LogP) is 3.76. The van der Waals surface area contributed by atoms with E-state index in [4.69, 9.17) is 11.6 Å². The van der Waals surface area contributed by atoms with Crippen LogP contribution in [0.25, 0.3) is 0 Å². The van der Waals surface area contributed by atoms with E-state index in [-0.39, 0.29) is 28.8 Å². The number of rotatable bonds is 4. The average Bonchev–Trinajstić information content (AvgIpc) is 3.23. The van der Waals surface area contributed by atoms with Crippen molar-refractivity contribution < 1.29 is 9.59 Å². The molecule has 0 spiro atoms. The molecule has 3 rings (SSSR count). The maximum atomic E-state index is 12.4. The molecule has 132 valence electrons. The molecule has 8 heteroatoms. The lowest BCUT2D eigenvalue weighted by Gasteiger charge is -2.24. The van der Waals surface area contributed by atoms with Gasteiger partial charge in [-0.25, -0.2) is 0 Å². The molecule has 1 atom stereocenters. The summed E-state index contributed by atoms with van der Waals surface area (Å²) in [5.41, 5.74) is 0.603. The van der Waals surface area contributed by atoms with Gasteiger partial charge in [0.05, 0.1) is 6.04 Å². The molecule has 1 aromatic heterocycles. The number of anilines is 1. The molecule has 6 nitrogen and oxygen atoms in total. The second-order valence-corrected chi connectivity index (χ2v) is 7.70. The Bertz CT molecular complexity index is 792. The molecule has 1 saturated heterocycles. The van der Waals surface area contributed by atoms with E-state index in [1.165, 1.54) is 11.3 Å². The van der Waals surface area contributed by atoms with Crippen LogP contribution >= 0.6 is 22.9 Å². The summed E-state index contributed by atoms with van der Waals surface area (Å²) in [5.74, 6) is -0.271. The van der Waals surface area contributed by atoms with Gasteiger partial charge in [-0.1, -0.05) is 42.9 Å². The molecule has 1 fully saturated rings. The first kappa shape index (κ1) is 17.8. The number of likely N-dealkylation sites (tertiary alicyclic amines) is 1. The van der Waals surface area contributed by atoms with Gasteiger partial charge in [0, 0.05) is 23.2 Å². The maximum Gasteiger partial charge on any atom is 0.286 e. The monoisotopic (exact) mass is 378 g/mol. The van der Waals surface area contributed by atoms with Gasteiger partial charge in [-0.15, -0.1) is 10.2 Å². The Labute approximate surface area is 155 Å². The maximum absolute atomic E-state index is 12.4. The highest BCUT2D eigenvalue weighted by Gasteiger charge is 2.33. The Morgan fingerprint density at radius 1 is 1.36 bits per heavy atom. The van der Waals surface area contributed by atoms with E-state index in [0.29, 0.717) is 15.7 Å². The zero-order chi connectivity index (χ0) is 18.0. The normalized spacial score (nSPS) is 17.1. The summed E-state index contributed by atoms with van der Waals surface area (Å²) in [4.78, 5) is 26.5. The minimum absolute atomic E-state index is 0.0564. The highest BCUT2D eigenvalue weighted by molar-refractivity contribution is 7.13. The highest BCUT2D eigenvalue weighted by atomic mass is 35.5. The van der Waals surface area contributed by atoms with Crippen molar-refractivity contribution in [2.75, 3.05) is 11.9 Å². The number of benzene rings is 1. The van der Waals surface area contributed by atoms with Gasteiger partial charge in [0.1, 0.15) is 5.01 Å². The van der Waals surface area contributed by atoms with Crippen molar-refractivity contribution in [1.29, 1.82) is 0 Å². The fourth-order valence-corrected chi connectivity index (χ4v) is 3.91. The summed E-state index contributed by atoms with van der Waals surface area (Å²) in [6.07, 6.45) is 1.79. The van der Waals surface area contributed by atoms with Gasteiger partial charge in [0.25, 0.3) is 5.91 Å². The summed E-state index contributed by atoms with van der Waals surface area (Å²) >= 11 is 7.16. The molecule has 1 aliphatic heterocycles. The molecule has 1 unspecified atom stereocenters. The minimum Gasteiger partial charge on any atom is -0.333 e. The van der Waals surface area contributed by atoms with Crippen LogP contribution in [-0.4, -0.2) is 33.5 Å². The van der Waals surface area contributed by atoms with Crippen LogP contribution in [0.5, 0.6) is 0 Å². The van der Waals surface area contributed by atoms with E-state index in [9.17, 15) is 9.59 Å². The third-order valence-corrected chi connectivity index (χ3v) is 5.29. The molecule has 25 heavy (non-hydrogen) atoms. The van der Waals surface area contributed by atoms with Crippen molar-refractivity contribution in [2.45, 2.75) is 32.7 Å². The number of hydrogen-bond donors (Lipinski definition) is 1. The second-order valence-electron chi connectivity index (χ2n) is 6.25. The van der Waals surface area contributed by atoms with Crippen molar-refractivity contribution in [3.05, 3.63) is 39.3 Å². The summed E-state index contributed by atoms with van der Waals surface area (Å²) < 4.78 is 0. The molecule has 1 aliphatic rings. The molecule has 2 amide bonds. The van der Waals surface area contributed by atoms with Crippen molar-refractivity contribution >= 4 is 40.4 Å². The molecule has 1 N–H and O–H groups in total. The van der Waals surface area contributed by atoms with E-state index < -0.39 is 0 Å². The molecule has 2 heterocycles. The number of amides is 2. The molecule has 0 aliphatic carbocycles. The first-order chi connectivity index (χ1) is 12.0. The fraction of sp³-hybridized carbons (Fsp3) is 0.412. The Balaban J connectivity index is 1.73. The van der Waals surface area contributed by atoms with Gasteiger partial charge in [0.15, 0.2) is 0 Å². The van der Waals surface area contributed by atoms with Gasteiger partial charge in [-0.3, -0.25) is 9.59 Å². The molecule has 0 radical (unpaired) electrons. The van der Waals surface area contributed by atoms with E-state index in [2.05, 4.69) is 15.5 Å². The smallest absolute Gasteiger partial charge is 0.286 e. The number of nitrogens with one attached hydrogen (secondary N) is 1. The lowest BCUT2D eigenvalue weighted by molar-refractivity contribution is -0.135. The lowest BCUT2D eigenvalue weighted by atomic mass is 10.1. The molecule has 1 aromatic carbocycles. The average molecular weight is 379 g/mol. The summed E-state index contributed by atoms with van der Waals surface area (Å²) in [6.45, 7) is 4.51. The number of halogens is 1. The lowest BCUT2D eigenvalue weighted by Crippen LogP contribution is -2.33. The third-order valence-electron chi connectivity index (χ3n) is 4.03. The van der Waals surface area contributed by atoms with Crippen LogP contribution in [0.3, 0.4) is 0 Å². The Morgan fingerprint density at radius 2 is 2.16 bits per heavy atom. The Kier molecular flexibility index (Phi) is 5.34. The van der Waals surface area contributed by atoms with Crippen LogP contribution in [0.4, 0.5) is 5.69 Å². The Hall–Kier alpha value is -1.99. The number of nitrogens with zero attached hydrogens (tertiary/aromatic N) is 3. The number of carbonyl (C=O) groups is 2. The SMILES string of the molecule is CC(C)C(=O)N1CCCC1c1nnc(C(=O)Nc2cccc(Cl)c2)s1.